The first-order chi connectivity index (χ1) is 6.71. The lowest BCUT2D eigenvalue weighted by molar-refractivity contribution is -0.0967. The molecule has 5 nitrogen and oxygen atoms in total. The van der Waals surface area contributed by atoms with Crippen molar-refractivity contribution in [1.82, 2.24) is 0 Å². The summed E-state index contributed by atoms with van der Waals surface area (Å²) in [6, 6.07) is 0. The molecule has 0 fully saturated rings. The van der Waals surface area contributed by atoms with Crippen LogP contribution in [0.5, 0.6) is 0 Å². The summed E-state index contributed by atoms with van der Waals surface area (Å²) in [6.45, 7) is 1.09. The maximum absolute atomic E-state index is 12.4. The number of nitrogens with two attached hydrogens (primary N) is 2. The van der Waals surface area contributed by atoms with E-state index in [0.29, 0.717) is 6.20 Å². The van der Waals surface area contributed by atoms with E-state index in [1.165, 1.54) is 0 Å². The van der Waals surface area contributed by atoms with Crippen molar-refractivity contribution in [3.8, 4) is 0 Å². The fourth-order valence-electron chi connectivity index (χ4n) is 1.27. The summed E-state index contributed by atoms with van der Waals surface area (Å²) >= 11 is 0. The van der Waals surface area contributed by atoms with Gasteiger partial charge in [0.25, 0.3) is 0 Å². The van der Waals surface area contributed by atoms with Crippen molar-refractivity contribution in [3.05, 3.63) is 11.8 Å². The molecule has 1 rings (SSSR count). The second-order valence-corrected chi connectivity index (χ2v) is 3.21. The summed E-state index contributed by atoms with van der Waals surface area (Å²) in [4.78, 5) is 3.40. The number of aliphatic imine (C=N–C) groups is 1. The van der Waals surface area contributed by atoms with Crippen molar-refractivity contribution in [2.24, 2.45) is 21.6 Å². The minimum atomic E-state index is -4.59. The summed E-state index contributed by atoms with van der Waals surface area (Å²) in [7, 11) is 0. The van der Waals surface area contributed by atoms with Crippen molar-refractivity contribution in [2.75, 3.05) is 0 Å². The zero-order chi connectivity index (χ0) is 11.9. The second-order valence-electron chi connectivity index (χ2n) is 3.21. The molecular formula is C7H9F3N4O. The Morgan fingerprint density at radius 1 is 1.60 bits per heavy atom. The highest BCUT2D eigenvalue weighted by Gasteiger charge is 2.49. The lowest BCUT2D eigenvalue weighted by Crippen LogP contribution is -2.53. The monoisotopic (exact) mass is 222 g/mol. The highest BCUT2D eigenvalue weighted by Crippen LogP contribution is 2.36. The molecule has 0 radical (unpaired) electrons. The van der Waals surface area contributed by atoms with E-state index in [9.17, 15) is 13.2 Å². The van der Waals surface area contributed by atoms with Crippen LogP contribution in [0.2, 0.25) is 0 Å². The Morgan fingerprint density at radius 2 is 2.13 bits per heavy atom. The predicted octanol–water partition coefficient (Wildman–Crippen LogP) is 0.351. The summed E-state index contributed by atoms with van der Waals surface area (Å²) in [5.74, 6) is -0.532. The molecule has 0 aromatic rings. The van der Waals surface area contributed by atoms with E-state index in [4.69, 9.17) is 16.7 Å². The highest BCUT2D eigenvalue weighted by molar-refractivity contribution is 6.45. The van der Waals surface area contributed by atoms with Gasteiger partial charge in [0, 0.05) is 6.20 Å². The van der Waals surface area contributed by atoms with Crippen LogP contribution in [0, 0.1) is 0 Å². The van der Waals surface area contributed by atoms with Crippen LogP contribution < -0.4 is 11.5 Å². The van der Waals surface area contributed by atoms with Gasteiger partial charge in [-0.05, 0) is 6.92 Å². The lowest BCUT2D eigenvalue weighted by Gasteiger charge is -2.25. The smallest absolute Gasteiger partial charge is 0.409 e. The molecule has 84 valence electrons. The molecule has 0 saturated heterocycles. The van der Waals surface area contributed by atoms with Gasteiger partial charge in [-0.1, -0.05) is 5.16 Å². The number of hydrogen-bond acceptors (Lipinski definition) is 4. The van der Waals surface area contributed by atoms with Gasteiger partial charge >= 0.3 is 6.18 Å². The third-order valence-electron chi connectivity index (χ3n) is 2.03. The van der Waals surface area contributed by atoms with Crippen LogP contribution in [-0.4, -0.2) is 28.5 Å². The van der Waals surface area contributed by atoms with Crippen molar-refractivity contribution < 1.29 is 18.4 Å². The van der Waals surface area contributed by atoms with Crippen molar-refractivity contribution >= 4 is 11.5 Å². The second kappa shape index (κ2) is 3.23. The molecule has 0 aromatic heterocycles. The van der Waals surface area contributed by atoms with Gasteiger partial charge < -0.3 is 16.7 Å². The van der Waals surface area contributed by atoms with E-state index < -0.39 is 23.1 Å². The summed E-state index contributed by atoms with van der Waals surface area (Å²) < 4.78 is 37.3. The third kappa shape index (κ3) is 1.80. The Morgan fingerprint density at radius 3 is 2.47 bits per heavy atom. The van der Waals surface area contributed by atoms with Gasteiger partial charge in [-0.3, -0.25) is 4.99 Å². The Labute approximate surface area is 82.9 Å². The largest absolute Gasteiger partial charge is 0.416 e. The molecule has 5 N–H and O–H groups in total. The number of hydrogen-bond donors (Lipinski definition) is 3. The maximum Gasteiger partial charge on any atom is 0.416 e. The Hall–Kier alpha value is -1.57. The molecule has 0 spiro atoms. The van der Waals surface area contributed by atoms with Crippen molar-refractivity contribution in [2.45, 2.75) is 18.6 Å². The first kappa shape index (κ1) is 11.5. The number of rotatable bonds is 1. The molecule has 15 heavy (non-hydrogen) atoms. The Balaban J connectivity index is 3.10. The Kier molecular flexibility index (Phi) is 2.48. The number of amidine groups is 1. The van der Waals surface area contributed by atoms with E-state index in [1.54, 1.807) is 0 Å². The molecule has 0 amide bonds. The van der Waals surface area contributed by atoms with Crippen LogP contribution in [0.1, 0.15) is 6.92 Å². The fraction of sp³-hybridized carbons (Fsp3) is 0.429. The van der Waals surface area contributed by atoms with Gasteiger partial charge in [0.15, 0.2) is 5.84 Å². The van der Waals surface area contributed by atoms with Gasteiger partial charge in [0.05, 0.1) is 11.1 Å². The molecule has 0 bridgehead atoms. The predicted molar refractivity (Wildman–Crippen MR) is 47.6 cm³/mol. The first-order valence-corrected chi connectivity index (χ1v) is 3.84. The van der Waals surface area contributed by atoms with Gasteiger partial charge in [0.1, 0.15) is 5.71 Å². The van der Waals surface area contributed by atoms with E-state index in [-0.39, 0.29) is 5.71 Å². The third-order valence-corrected chi connectivity index (χ3v) is 2.03. The molecule has 0 aromatic carbocycles. The maximum atomic E-state index is 12.4. The van der Waals surface area contributed by atoms with E-state index >= 15 is 0 Å². The molecule has 1 unspecified atom stereocenters. The first-order valence-electron chi connectivity index (χ1n) is 3.84. The molecule has 1 atom stereocenters. The van der Waals surface area contributed by atoms with Crippen molar-refractivity contribution in [3.63, 3.8) is 0 Å². The number of halogens is 3. The molecule has 1 aliphatic rings. The average molecular weight is 222 g/mol. The van der Waals surface area contributed by atoms with Crippen LogP contribution in [0.15, 0.2) is 21.9 Å². The van der Waals surface area contributed by atoms with Crippen LogP contribution in [0.4, 0.5) is 13.2 Å². The van der Waals surface area contributed by atoms with E-state index in [0.717, 1.165) is 6.92 Å². The van der Waals surface area contributed by atoms with Gasteiger partial charge in [-0.15, -0.1) is 0 Å². The van der Waals surface area contributed by atoms with Gasteiger partial charge in [-0.2, -0.15) is 13.2 Å². The summed E-state index contributed by atoms with van der Waals surface area (Å²) in [5, 5.41) is 10.9. The SMILES string of the molecule is CC1(N)C(C(F)(F)F)=CN=C1/C(N)=N/O. The molecule has 8 heteroatoms. The van der Waals surface area contributed by atoms with E-state index in [2.05, 4.69) is 10.1 Å². The molecule has 0 aliphatic carbocycles. The number of oxime groups is 1. The number of nitrogens with zero attached hydrogens (tertiary/aromatic N) is 2. The van der Waals surface area contributed by atoms with Crippen LogP contribution in [0.3, 0.4) is 0 Å². The zero-order valence-electron chi connectivity index (χ0n) is 7.71. The topological polar surface area (TPSA) is 97.0 Å². The number of alkyl halides is 3. The normalized spacial score (nSPS) is 27.7. The minimum absolute atomic E-state index is 0.308. The fourth-order valence-corrected chi connectivity index (χ4v) is 1.27. The zero-order valence-corrected chi connectivity index (χ0v) is 7.71. The Bertz CT molecular complexity index is 367. The summed E-state index contributed by atoms with van der Waals surface area (Å²) in [5.41, 5.74) is 7.35. The van der Waals surface area contributed by atoms with Crippen molar-refractivity contribution in [1.29, 1.82) is 0 Å². The van der Waals surface area contributed by atoms with Gasteiger partial charge in [0.2, 0.25) is 0 Å². The molecular weight excluding hydrogens is 213 g/mol. The van der Waals surface area contributed by atoms with Gasteiger partial charge in [-0.25, -0.2) is 0 Å². The van der Waals surface area contributed by atoms with Crippen LogP contribution in [-0.2, 0) is 0 Å². The molecule has 1 aliphatic heterocycles. The minimum Gasteiger partial charge on any atom is -0.409 e. The quantitative estimate of drug-likeness (QED) is 0.258. The van der Waals surface area contributed by atoms with Crippen LogP contribution >= 0.6 is 0 Å². The average Bonchev–Trinajstić information content (AvgIpc) is 2.38. The summed E-state index contributed by atoms with van der Waals surface area (Å²) in [6.07, 6.45) is -4.02. The highest BCUT2D eigenvalue weighted by atomic mass is 19.4. The van der Waals surface area contributed by atoms with E-state index in [1.807, 2.05) is 0 Å². The standard InChI is InChI=1S/C7H9F3N4O/c1-6(12)3(7(8,9)10)2-13-4(6)5(11)14-15/h2,15H,12H2,1H3,(H2,11,14). The van der Waals surface area contributed by atoms with Crippen LogP contribution in [0.25, 0.3) is 0 Å². The molecule has 0 saturated carbocycles. The molecule has 1 heterocycles. The lowest BCUT2D eigenvalue weighted by atomic mass is 9.89.